The van der Waals surface area contributed by atoms with Crippen molar-refractivity contribution < 1.29 is 19.4 Å². The van der Waals surface area contributed by atoms with Crippen LogP contribution in [-0.4, -0.2) is 35.0 Å². The number of benzene rings is 2. The summed E-state index contributed by atoms with van der Waals surface area (Å²) in [6.07, 6.45) is 0. The van der Waals surface area contributed by atoms with Gasteiger partial charge in [-0.05, 0) is 42.2 Å². The fourth-order valence-electron chi connectivity index (χ4n) is 3.10. The van der Waals surface area contributed by atoms with Gasteiger partial charge in [-0.25, -0.2) is 0 Å². The number of hydrogen-bond donors (Lipinski definition) is 1. The molecule has 25 heavy (non-hydrogen) atoms. The number of ether oxygens (including phenoxy) is 1. The number of rotatable bonds is 4. The van der Waals surface area contributed by atoms with Gasteiger partial charge in [0.25, 0.3) is 5.91 Å². The minimum Gasteiger partial charge on any atom is -0.483 e. The molecular weight excluding hydrogens is 318 g/mol. The van der Waals surface area contributed by atoms with Gasteiger partial charge in [-0.3, -0.25) is 9.59 Å². The summed E-state index contributed by atoms with van der Waals surface area (Å²) in [6, 6.07) is 13.2. The lowest BCUT2D eigenvalue weighted by Crippen LogP contribution is -2.42. The normalized spacial score (nSPS) is 16.2. The Morgan fingerprint density at radius 1 is 1.20 bits per heavy atom. The van der Waals surface area contributed by atoms with Crippen molar-refractivity contribution in [3.8, 4) is 5.75 Å². The van der Waals surface area contributed by atoms with Gasteiger partial charge in [-0.2, -0.15) is 0 Å². The fraction of sp³-hybridized carbons (Fsp3) is 0.300. The van der Waals surface area contributed by atoms with E-state index < -0.39 is 11.9 Å². The molecular formula is C20H21NO4. The lowest BCUT2D eigenvalue weighted by atomic mass is 9.90. The summed E-state index contributed by atoms with van der Waals surface area (Å²) < 4.78 is 5.68. The minimum atomic E-state index is -0.916. The third kappa shape index (κ3) is 3.65. The van der Waals surface area contributed by atoms with E-state index in [0.29, 0.717) is 12.3 Å². The van der Waals surface area contributed by atoms with Gasteiger partial charge in [-0.1, -0.05) is 36.4 Å². The first kappa shape index (κ1) is 17.0. The molecule has 1 unspecified atom stereocenters. The molecule has 5 nitrogen and oxygen atoms in total. The standard InChI is InChI=1S/C20H21NO4/c1-13-7-8-14(2)18(9-13)25-12-19(22)21-10-15-5-3-4-6-16(15)17(11-21)20(23)24/h3-9,17H,10-12H2,1-2H3,(H,23,24). The number of aliphatic carboxylic acids is 1. The van der Waals surface area contributed by atoms with Crippen LogP contribution in [0.5, 0.6) is 5.75 Å². The fourth-order valence-corrected chi connectivity index (χ4v) is 3.10. The maximum Gasteiger partial charge on any atom is 0.312 e. The van der Waals surface area contributed by atoms with Crippen LogP contribution >= 0.6 is 0 Å². The number of carbonyl (C=O) groups excluding carboxylic acids is 1. The molecule has 0 radical (unpaired) electrons. The van der Waals surface area contributed by atoms with Crippen LogP contribution < -0.4 is 4.74 Å². The number of carboxylic acid groups (broad SMARTS) is 1. The Kier molecular flexibility index (Phi) is 4.74. The third-order valence-electron chi connectivity index (χ3n) is 4.54. The SMILES string of the molecule is Cc1ccc(C)c(OCC(=O)N2Cc3ccccc3C(C(=O)O)C2)c1. The van der Waals surface area contributed by atoms with E-state index in [-0.39, 0.29) is 19.1 Å². The first-order valence-electron chi connectivity index (χ1n) is 8.24. The molecule has 0 saturated carbocycles. The topological polar surface area (TPSA) is 66.8 Å². The number of hydrogen-bond acceptors (Lipinski definition) is 3. The lowest BCUT2D eigenvalue weighted by Gasteiger charge is -2.32. The molecule has 1 aliphatic rings. The second kappa shape index (κ2) is 6.97. The highest BCUT2D eigenvalue weighted by Gasteiger charge is 2.32. The average Bonchev–Trinajstić information content (AvgIpc) is 2.61. The highest BCUT2D eigenvalue weighted by molar-refractivity contribution is 5.82. The van der Waals surface area contributed by atoms with Crippen molar-refractivity contribution in [3.63, 3.8) is 0 Å². The molecule has 2 aromatic rings. The molecule has 130 valence electrons. The number of nitrogens with zero attached hydrogens (tertiary/aromatic N) is 1. The number of carbonyl (C=O) groups is 2. The summed E-state index contributed by atoms with van der Waals surface area (Å²) in [5, 5.41) is 9.49. The monoisotopic (exact) mass is 339 g/mol. The summed E-state index contributed by atoms with van der Waals surface area (Å²) in [4.78, 5) is 25.7. The summed E-state index contributed by atoms with van der Waals surface area (Å²) in [5.41, 5.74) is 3.69. The molecule has 0 bridgehead atoms. The van der Waals surface area contributed by atoms with E-state index in [9.17, 15) is 14.7 Å². The van der Waals surface area contributed by atoms with Crippen molar-refractivity contribution >= 4 is 11.9 Å². The van der Waals surface area contributed by atoms with E-state index in [1.165, 1.54) is 0 Å². The van der Waals surface area contributed by atoms with Gasteiger partial charge in [-0.15, -0.1) is 0 Å². The van der Waals surface area contributed by atoms with E-state index in [1.54, 1.807) is 4.90 Å². The molecule has 1 N–H and O–H groups in total. The molecule has 0 spiro atoms. The van der Waals surface area contributed by atoms with Crippen LogP contribution in [0.1, 0.15) is 28.2 Å². The van der Waals surface area contributed by atoms with Crippen LogP contribution in [-0.2, 0) is 16.1 Å². The van der Waals surface area contributed by atoms with Gasteiger partial charge >= 0.3 is 5.97 Å². The number of carboxylic acids is 1. The molecule has 0 saturated heterocycles. The van der Waals surface area contributed by atoms with Gasteiger partial charge in [0.05, 0.1) is 5.92 Å². The summed E-state index contributed by atoms with van der Waals surface area (Å²) in [7, 11) is 0. The largest absolute Gasteiger partial charge is 0.483 e. The first-order chi connectivity index (χ1) is 12.0. The zero-order valence-corrected chi connectivity index (χ0v) is 14.4. The van der Waals surface area contributed by atoms with Crippen LogP contribution in [0.25, 0.3) is 0 Å². The highest BCUT2D eigenvalue weighted by Crippen LogP contribution is 2.28. The number of amides is 1. The zero-order valence-electron chi connectivity index (χ0n) is 14.4. The van der Waals surface area contributed by atoms with E-state index in [1.807, 2.05) is 56.3 Å². The van der Waals surface area contributed by atoms with E-state index in [0.717, 1.165) is 22.3 Å². The van der Waals surface area contributed by atoms with E-state index >= 15 is 0 Å². The Hall–Kier alpha value is -2.82. The first-order valence-corrected chi connectivity index (χ1v) is 8.24. The third-order valence-corrected chi connectivity index (χ3v) is 4.54. The van der Waals surface area contributed by atoms with Crippen molar-refractivity contribution in [1.29, 1.82) is 0 Å². The van der Waals surface area contributed by atoms with Crippen LogP contribution in [0.2, 0.25) is 0 Å². The van der Waals surface area contributed by atoms with Crippen LogP contribution in [0, 0.1) is 13.8 Å². The Labute approximate surface area is 146 Å². The molecule has 2 aromatic carbocycles. The predicted octanol–water partition coefficient (Wildman–Crippen LogP) is 2.89. The molecule has 1 amide bonds. The molecule has 1 atom stereocenters. The quantitative estimate of drug-likeness (QED) is 0.930. The molecule has 1 aliphatic heterocycles. The molecule has 1 heterocycles. The number of aryl methyl sites for hydroxylation is 2. The number of fused-ring (bicyclic) bond motifs is 1. The van der Waals surface area contributed by atoms with Gasteiger partial charge in [0.15, 0.2) is 6.61 Å². The van der Waals surface area contributed by atoms with Gasteiger partial charge in [0.2, 0.25) is 0 Å². The van der Waals surface area contributed by atoms with Crippen molar-refractivity contribution in [2.24, 2.45) is 0 Å². The average molecular weight is 339 g/mol. The summed E-state index contributed by atoms with van der Waals surface area (Å²) in [6.45, 7) is 4.37. The van der Waals surface area contributed by atoms with Crippen LogP contribution in [0.4, 0.5) is 0 Å². The molecule has 0 aromatic heterocycles. The molecule has 5 heteroatoms. The highest BCUT2D eigenvalue weighted by atomic mass is 16.5. The van der Waals surface area contributed by atoms with Crippen molar-refractivity contribution in [2.45, 2.75) is 26.3 Å². The Morgan fingerprint density at radius 2 is 1.96 bits per heavy atom. The minimum absolute atomic E-state index is 0.0984. The van der Waals surface area contributed by atoms with Gasteiger partial charge in [0, 0.05) is 13.1 Å². The second-order valence-electron chi connectivity index (χ2n) is 6.42. The molecule has 0 fully saturated rings. The van der Waals surface area contributed by atoms with Crippen molar-refractivity contribution in [2.75, 3.05) is 13.2 Å². The van der Waals surface area contributed by atoms with Crippen molar-refractivity contribution in [1.82, 2.24) is 4.90 Å². The predicted molar refractivity (Wildman–Crippen MR) is 93.6 cm³/mol. The molecule has 0 aliphatic carbocycles. The van der Waals surface area contributed by atoms with E-state index in [2.05, 4.69) is 0 Å². The second-order valence-corrected chi connectivity index (χ2v) is 6.42. The molecule has 3 rings (SSSR count). The van der Waals surface area contributed by atoms with Crippen LogP contribution in [0.15, 0.2) is 42.5 Å². The Morgan fingerprint density at radius 3 is 2.72 bits per heavy atom. The lowest BCUT2D eigenvalue weighted by molar-refractivity contribution is -0.142. The van der Waals surface area contributed by atoms with Gasteiger partial charge < -0.3 is 14.7 Å². The van der Waals surface area contributed by atoms with Crippen LogP contribution in [0.3, 0.4) is 0 Å². The smallest absolute Gasteiger partial charge is 0.312 e. The summed E-state index contributed by atoms with van der Waals surface area (Å²) in [5.74, 6) is -1.14. The maximum atomic E-state index is 12.6. The van der Waals surface area contributed by atoms with Gasteiger partial charge in [0.1, 0.15) is 5.75 Å². The Bertz CT molecular complexity index is 815. The summed E-state index contributed by atoms with van der Waals surface area (Å²) >= 11 is 0. The van der Waals surface area contributed by atoms with Crippen molar-refractivity contribution in [3.05, 3.63) is 64.7 Å². The maximum absolute atomic E-state index is 12.6. The van der Waals surface area contributed by atoms with E-state index in [4.69, 9.17) is 4.74 Å². The Balaban J connectivity index is 1.73. The zero-order chi connectivity index (χ0) is 18.0.